The third-order valence-electron chi connectivity index (χ3n) is 4.48. The molecule has 4 rings (SSSR count). The number of anilines is 1. The summed E-state index contributed by atoms with van der Waals surface area (Å²) in [5, 5.41) is 6.94. The van der Waals surface area contributed by atoms with Crippen LogP contribution >= 0.6 is 0 Å². The van der Waals surface area contributed by atoms with Crippen LogP contribution in [0.25, 0.3) is 10.9 Å². The van der Waals surface area contributed by atoms with Gasteiger partial charge in [0.25, 0.3) is 11.5 Å². The lowest BCUT2D eigenvalue weighted by Gasteiger charge is -2.07. The van der Waals surface area contributed by atoms with Crippen LogP contribution in [0.2, 0.25) is 0 Å². The van der Waals surface area contributed by atoms with E-state index in [2.05, 4.69) is 15.4 Å². The molecule has 2 N–H and O–H groups in total. The van der Waals surface area contributed by atoms with E-state index in [1.54, 1.807) is 48.5 Å². The molecule has 0 saturated carbocycles. The van der Waals surface area contributed by atoms with Crippen LogP contribution < -0.4 is 21.3 Å². The first kappa shape index (κ1) is 20.7. The second-order valence-corrected chi connectivity index (χ2v) is 6.75. The number of rotatable bonds is 6. The molecule has 1 aromatic heterocycles. The van der Waals surface area contributed by atoms with E-state index in [9.17, 15) is 18.8 Å². The normalized spacial score (nSPS) is 11.0. The van der Waals surface area contributed by atoms with Crippen molar-refractivity contribution in [3.63, 3.8) is 0 Å². The fourth-order valence-corrected chi connectivity index (χ4v) is 2.91. The standard InChI is InChI=1S/C23H17FN4O4/c24-16-7-9-17(10-8-16)26-21(29)14-32-18-11-5-15(6-12-18)13-25-28-22(30)19-3-1-2-4-20(19)27-23(28)31/h1-13H,14H2,(H,26,29)(H,27,31). The molecule has 0 radical (unpaired) electrons. The van der Waals surface area contributed by atoms with E-state index in [0.29, 0.717) is 27.9 Å². The highest BCUT2D eigenvalue weighted by Gasteiger charge is 2.06. The summed E-state index contributed by atoms with van der Waals surface area (Å²) in [6.07, 6.45) is 1.37. The number of carbonyl (C=O) groups excluding carboxylic acids is 1. The number of H-pyrrole nitrogens is 1. The van der Waals surface area contributed by atoms with Gasteiger partial charge in [-0.15, -0.1) is 4.68 Å². The molecule has 0 unspecified atom stereocenters. The molecular weight excluding hydrogens is 415 g/mol. The predicted octanol–water partition coefficient (Wildman–Crippen LogP) is 2.73. The van der Waals surface area contributed by atoms with Gasteiger partial charge in [-0.3, -0.25) is 9.59 Å². The van der Waals surface area contributed by atoms with E-state index >= 15 is 0 Å². The molecule has 0 aliphatic rings. The maximum atomic E-state index is 12.9. The number of hydrogen-bond acceptors (Lipinski definition) is 5. The summed E-state index contributed by atoms with van der Waals surface area (Å²) in [6.45, 7) is -0.229. The Hall–Kier alpha value is -4.53. The van der Waals surface area contributed by atoms with Gasteiger partial charge in [-0.1, -0.05) is 12.1 Å². The second kappa shape index (κ2) is 9.09. The molecule has 9 heteroatoms. The summed E-state index contributed by atoms with van der Waals surface area (Å²) in [6, 6.07) is 18.7. The number of nitrogens with zero attached hydrogens (tertiary/aromatic N) is 2. The third kappa shape index (κ3) is 4.78. The zero-order chi connectivity index (χ0) is 22.5. The second-order valence-electron chi connectivity index (χ2n) is 6.75. The first-order chi connectivity index (χ1) is 15.5. The van der Waals surface area contributed by atoms with Gasteiger partial charge in [0.05, 0.1) is 17.1 Å². The van der Waals surface area contributed by atoms with Crippen LogP contribution in [-0.4, -0.2) is 28.4 Å². The lowest BCUT2D eigenvalue weighted by Crippen LogP contribution is -2.32. The van der Waals surface area contributed by atoms with Crippen molar-refractivity contribution in [2.24, 2.45) is 5.10 Å². The first-order valence-electron chi connectivity index (χ1n) is 9.56. The number of ether oxygens (including phenoxy) is 1. The Kier molecular flexibility index (Phi) is 5.89. The smallest absolute Gasteiger partial charge is 0.349 e. The van der Waals surface area contributed by atoms with Gasteiger partial charge >= 0.3 is 5.69 Å². The van der Waals surface area contributed by atoms with Crippen molar-refractivity contribution in [3.8, 4) is 5.75 Å². The van der Waals surface area contributed by atoms with Crippen LogP contribution in [-0.2, 0) is 4.79 Å². The van der Waals surface area contributed by atoms with Gasteiger partial charge < -0.3 is 15.0 Å². The van der Waals surface area contributed by atoms with E-state index in [1.165, 1.54) is 30.5 Å². The van der Waals surface area contributed by atoms with Gasteiger partial charge in [0.2, 0.25) is 0 Å². The highest BCUT2D eigenvalue weighted by Crippen LogP contribution is 2.12. The Morgan fingerprint density at radius 2 is 1.75 bits per heavy atom. The van der Waals surface area contributed by atoms with E-state index in [-0.39, 0.29) is 6.61 Å². The molecule has 160 valence electrons. The quantitative estimate of drug-likeness (QED) is 0.457. The zero-order valence-electron chi connectivity index (χ0n) is 16.6. The highest BCUT2D eigenvalue weighted by atomic mass is 19.1. The first-order valence-corrected chi connectivity index (χ1v) is 9.56. The molecule has 4 aromatic rings. The number of aromatic amines is 1. The van der Waals surface area contributed by atoms with Crippen LogP contribution in [0.15, 0.2) is 87.5 Å². The summed E-state index contributed by atoms with van der Waals surface area (Å²) in [4.78, 5) is 39.2. The SMILES string of the molecule is O=C(COc1ccc(C=Nn2c(=O)[nH]c3ccccc3c2=O)cc1)Nc1ccc(F)cc1. The molecule has 1 heterocycles. The van der Waals surface area contributed by atoms with E-state index in [0.717, 1.165) is 4.68 Å². The maximum absolute atomic E-state index is 12.9. The van der Waals surface area contributed by atoms with Crippen LogP contribution in [0.1, 0.15) is 5.56 Å². The van der Waals surface area contributed by atoms with E-state index in [4.69, 9.17) is 4.74 Å². The van der Waals surface area contributed by atoms with E-state index in [1.807, 2.05) is 0 Å². The number of benzene rings is 3. The zero-order valence-corrected chi connectivity index (χ0v) is 16.6. The fraction of sp³-hybridized carbons (Fsp3) is 0.0435. The van der Waals surface area contributed by atoms with Crippen LogP contribution in [0.3, 0.4) is 0 Å². The van der Waals surface area contributed by atoms with Gasteiger partial charge in [-0.25, -0.2) is 9.18 Å². The Bertz CT molecular complexity index is 1410. The number of aromatic nitrogens is 2. The van der Waals surface area contributed by atoms with Crippen LogP contribution in [0.4, 0.5) is 10.1 Å². The van der Waals surface area contributed by atoms with Gasteiger partial charge in [0.15, 0.2) is 6.61 Å². The molecule has 1 amide bonds. The molecule has 8 nitrogen and oxygen atoms in total. The van der Waals surface area contributed by atoms with Crippen molar-refractivity contribution < 1.29 is 13.9 Å². The number of nitrogens with one attached hydrogen (secondary N) is 2. The average molecular weight is 432 g/mol. The summed E-state index contributed by atoms with van der Waals surface area (Å²) < 4.78 is 19.1. The largest absolute Gasteiger partial charge is 0.484 e. The van der Waals surface area contributed by atoms with Crippen molar-refractivity contribution in [1.82, 2.24) is 9.66 Å². The van der Waals surface area contributed by atoms with E-state index < -0.39 is 23.0 Å². The number of hydrogen-bond donors (Lipinski definition) is 2. The Morgan fingerprint density at radius 3 is 2.50 bits per heavy atom. The third-order valence-corrected chi connectivity index (χ3v) is 4.48. The minimum absolute atomic E-state index is 0.229. The summed E-state index contributed by atoms with van der Waals surface area (Å²) in [5.74, 6) is -0.341. The minimum Gasteiger partial charge on any atom is -0.484 e. The molecule has 0 atom stereocenters. The van der Waals surface area contributed by atoms with Crippen LogP contribution in [0.5, 0.6) is 5.75 Å². The molecule has 0 bridgehead atoms. The fourth-order valence-electron chi connectivity index (χ4n) is 2.91. The average Bonchev–Trinajstić information content (AvgIpc) is 2.80. The molecule has 3 aromatic carbocycles. The molecule has 0 aliphatic carbocycles. The van der Waals surface area contributed by atoms with Gasteiger partial charge in [-0.05, 0) is 66.2 Å². The van der Waals surface area contributed by atoms with Crippen molar-refractivity contribution >= 4 is 28.7 Å². The minimum atomic E-state index is -0.642. The number of halogens is 1. The van der Waals surface area contributed by atoms with Gasteiger partial charge in [0.1, 0.15) is 11.6 Å². The number of para-hydroxylation sites is 1. The molecular formula is C23H17FN4O4. The lowest BCUT2D eigenvalue weighted by molar-refractivity contribution is -0.118. The monoisotopic (exact) mass is 432 g/mol. The van der Waals surface area contributed by atoms with Gasteiger partial charge in [-0.2, -0.15) is 5.10 Å². The molecule has 0 fully saturated rings. The summed E-state index contributed by atoms with van der Waals surface area (Å²) in [7, 11) is 0. The molecule has 32 heavy (non-hydrogen) atoms. The van der Waals surface area contributed by atoms with Crippen LogP contribution in [0, 0.1) is 5.82 Å². The topological polar surface area (TPSA) is 106 Å². The predicted molar refractivity (Wildman–Crippen MR) is 119 cm³/mol. The summed E-state index contributed by atoms with van der Waals surface area (Å²) >= 11 is 0. The van der Waals surface area contributed by atoms with Crippen molar-refractivity contribution in [2.75, 3.05) is 11.9 Å². The van der Waals surface area contributed by atoms with Crippen molar-refractivity contribution in [3.05, 3.63) is 105 Å². The highest BCUT2D eigenvalue weighted by molar-refractivity contribution is 5.91. The molecule has 0 aliphatic heterocycles. The Balaban J connectivity index is 1.40. The Morgan fingerprint density at radius 1 is 1.03 bits per heavy atom. The van der Waals surface area contributed by atoms with Gasteiger partial charge in [0, 0.05) is 5.69 Å². The summed E-state index contributed by atoms with van der Waals surface area (Å²) in [5.41, 5.74) is 0.363. The molecule has 0 spiro atoms. The maximum Gasteiger partial charge on any atom is 0.349 e. The lowest BCUT2D eigenvalue weighted by atomic mass is 10.2. The number of carbonyl (C=O) groups is 1. The number of amides is 1. The van der Waals surface area contributed by atoms with Crippen molar-refractivity contribution in [2.45, 2.75) is 0 Å². The van der Waals surface area contributed by atoms with Crippen molar-refractivity contribution in [1.29, 1.82) is 0 Å². The Labute approximate surface area is 180 Å². The molecule has 0 saturated heterocycles. The number of fused-ring (bicyclic) bond motifs is 1.